The third-order valence-electron chi connectivity index (χ3n) is 2.21. The second-order valence-electron chi connectivity index (χ2n) is 3.48. The van der Waals surface area contributed by atoms with E-state index in [4.69, 9.17) is 10.2 Å². The van der Waals surface area contributed by atoms with Gasteiger partial charge in [0.05, 0.1) is 12.4 Å². The molecule has 2 N–H and O–H groups in total. The van der Waals surface area contributed by atoms with Gasteiger partial charge in [0.1, 0.15) is 17.2 Å². The van der Waals surface area contributed by atoms with Gasteiger partial charge >= 0.3 is 0 Å². The van der Waals surface area contributed by atoms with E-state index >= 15 is 0 Å². The number of aromatic nitrogens is 2. The lowest BCUT2D eigenvalue weighted by Crippen LogP contribution is -2.14. The highest BCUT2D eigenvalue weighted by Gasteiger charge is 1.99. The second-order valence-corrected chi connectivity index (χ2v) is 3.48. The molecular formula is C12H13N5O. The van der Waals surface area contributed by atoms with Gasteiger partial charge in [0.25, 0.3) is 0 Å². The van der Waals surface area contributed by atoms with Crippen LogP contribution in [0.1, 0.15) is 24.1 Å². The fraction of sp³-hybridized carbons (Fsp3) is 0.167. The lowest BCUT2D eigenvalue weighted by Gasteiger charge is -1.94. The van der Waals surface area contributed by atoms with E-state index in [1.54, 1.807) is 12.4 Å². The first-order valence-corrected chi connectivity index (χ1v) is 5.51. The average molecular weight is 243 g/mol. The van der Waals surface area contributed by atoms with Gasteiger partial charge in [-0.1, -0.05) is 6.92 Å². The molecule has 6 nitrogen and oxygen atoms in total. The molecule has 0 aliphatic carbocycles. The van der Waals surface area contributed by atoms with E-state index in [0.717, 1.165) is 12.2 Å². The van der Waals surface area contributed by atoms with Gasteiger partial charge in [-0.2, -0.15) is 5.10 Å². The lowest BCUT2D eigenvalue weighted by atomic mass is 10.4. The Bertz CT molecular complexity index is 559. The summed E-state index contributed by atoms with van der Waals surface area (Å²) < 4.78 is 5.43. The minimum Gasteiger partial charge on any atom is -0.460 e. The number of nitrogens with two attached hydrogens (primary N) is 1. The molecule has 2 aromatic heterocycles. The Labute approximate surface area is 104 Å². The lowest BCUT2D eigenvalue weighted by molar-refractivity contribution is 0.510. The van der Waals surface area contributed by atoms with Crippen molar-refractivity contribution in [1.82, 2.24) is 9.97 Å². The Hall–Kier alpha value is -2.50. The Morgan fingerprint density at radius 2 is 2.33 bits per heavy atom. The zero-order valence-corrected chi connectivity index (χ0v) is 9.95. The quantitative estimate of drug-likeness (QED) is 0.499. The summed E-state index contributed by atoms with van der Waals surface area (Å²) in [5, 5.41) is 7.67. The Balaban J connectivity index is 2.06. The molecule has 0 aromatic carbocycles. The molecule has 0 amide bonds. The number of hydrogen-bond donors (Lipinski definition) is 1. The molecule has 92 valence electrons. The van der Waals surface area contributed by atoms with Crippen molar-refractivity contribution in [3.63, 3.8) is 0 Å². The van der Waals surface area contributed by atoms with Crippen LogP contribution in [0.3, 0.4) is 0 Å². The third kappa shape index (κ3) is 3.00. The van der Waals surface area contributed by atoms with Gasteiger partial charge in [0, 0.05) is 18.8 Å². The summed E-state index contributed by atoms with van der Waals surface area (Å²) in [5.74, 6) is 1.76. The zero-order valence-electron chi connectivity index (χ0n) is 9.95. The standard InChI is InChI=1S/C12H13N5O/c1-2-9-3-4-10(18-9)7-16-17-12(13)11-8-14-5-6-15-11/h3-8H,2H2,1H3,(H2,13,17). The molecule has 2 rings (SSSR count). The van der Waals surface area contributed by atoms with Crippen molar-refractivity contribution in [3.8, 4) is 0 Å². The number of furan rings is 1. The van der Waals surface area contributed by atoms with Crippen molar-refractivity contribution in [1.29, 1.82) is 0 Å². The Morgan fingerprint density at radius 3 is 3.00 bits per heavy atom. The topological polar surface area (TPSA) is 89.7 Å². The van der Waals surface area contributed by atoms with Gasteiger partial charge in [-0.05, 0) is 12.1 Å². The first kappa shape index (κ1) is 12.0. The maximum absolute atomic E-state index is 5.69. The smallest absolute Gasteiger partial charge is 0.173 e. The van der Waals surface area contributed by atoms with Crippen LogP contribution in [0.4, 0.5) is 0 Å². The number of amidine groups is 1. The van der Waals surface area contributed by atoms with Gasteiger partial charge in [0.2, 0.25) is 0 Å². The van der Waals surface area contributed by atoms with E-state index in [1.807, 2.05) is 19.1 Å². The molecule has 6 heteroatoms. The first-order valence-electron chi connectivity index (χ1n) is 5.51. The first-order chi connectivity index (χ1) is 8.79. The molecule has 0 unspecified atom stereocenters. The number of rotatable bonds is 4. The predicted molar refractivity (Wildman–Crippen MR) is 68.4 cm³/mol. The summed E-state index contributed by atoms with van der Waals surface area (Å²) >= 11 is 0. The monoisotopic (exact) mass is 243 g/mol. The molecule has 18 heavy (non-hydrogen) atoms. The van der Waals surface area contributed by atoms with Crippen LogP contribution < -0.4 is 5.73 Å². The van der Waals surface area contributed by atoms with Crippen molar-refractivity contribution in [3.05, 3.63) is 47.9 Å². The van der Waals surface area contributed by atoms with Crippen LogP contribution in [0, 0.1) is 0 Å². The summed E-state index contributed by atoms with van der Waals surface area (Å²) in [6.07, 6.45) is 6.98. The summed E-state index contributed by atoms with van der Waals surface area (Å²) in [7, 11) is 0. The molecule has 0 saturated carbocycles. The summed E-state index contributed by atoms with van der Waals surface area (Å²) in [4.78, 5) is 7.90. The molecule has 0 bridgehead atoms. The van der Waals surface area contributed by atoms with Crippen molar-refractivity contribution in [2.75, 3.05) is 0 Å². The number of nitrogens with zero attached hydrogens (tertiary/aromatic N) is 4. The number of hydrogen-bond acceptors (Lipinski definition) is 5. The highest BCUT2D eigenvalue weighted by Crippen LogP contribution is 2.05. The molecule has 0 fully saturated rings. The zero-order chi connectivity index (χ0) is 12.8. The number of aryl methyl sites for hydroxylation is 1. The minimum atomic E-state index is 0.210. The molecular weight excluding hydrogens is 230 g/mol. The SMILES string of the molecule is CCc1ccc(C=NN=C(N)c2cnccn2)o1. The van der Waals surface area contributed by atoms with Gasteiger partial charge in [0.15, 0.2) is 5.84 Å². The predicted octanol–water partition coefficient (Wildman–Crippen LogP) is 1.37. The van der Waals surface area contributed by atoms with Crippen molar-refractivity contribution < 1.29 is 4.42 Å². The molecule has 2 heterocycles. The highest BCUT2D eigenvalue weighted by atomic mass is 16.3. The van der Waals surface area contributed by atoms with E-state index in [0.29, 0.717) is 11.5 Å². The van der Waals surface area contributed by atoms with E-state index in [2.05, 4.69) is 20.2 Å². The second kappa shape index (κ2) is 5.72. The van der Waals surface area contributed by atoms with Gasteiger partial charge in [-0.15, -0.1) is 5.10 Å². The van der Waals surface area contributed by atoms with Crippen LogP contribution >= 0.6 is 0 Å². The largest absolute Gasteiger partial charge is 0.460 e. The van der Waals surface area contributed by atoms with Gasteiger partial charge < -0.3 is 10.2 Å². The van der Waals surface area contributed by atoms with Crippen LogP contribution in [-0.4, -0.2) is 22.0 Å². The summed E-state index contributed by atoms with van der Waals surface area (Å²) in [6, 6.07) is 3.73. The maximum atomic E-state index is 5.69. The highest BCUT2D eigenvalue weighted by molar-refractivity contribution is 5.95. The van der Waals surface area contributed by atoms with Gasteiger partial charge in [-0.25, -0.2) is 4.98 Å². The average Bonchev–Trinajstić information content (AvgIpc) is 2.87. The van der Waals surface area contributed by atoms with E-state index < -0.39 is 0 Å². The molecule has 0 spiro atoms. The molecule has 0 aliphatic heterocycles. The minimum absolute atomic E-state index is 0.210. The summed E-state index contributed by atoms with van der Waals surface area (Å²) in [5.41, 5.74) is 6.18. The summed E-state index contributed by atoms with van der Waals surface area (Å²) in [6.45, 7) is 2.02. The van der Waals surface area contributed by atoms with E-state index in [-0.39, 0.29) is 5.84 Å². The van der Waals surface area contributed by atoms with Crippen LogP contribution in [0.25, 0.3) is 0 Å². The fourth-order valence-electron chi connectivity index (χ4n) is 1.28. The molecule has 0 aliphatic rings. The van der Waals surface area contributed by atoms with Crippen LogP contribution in [0.15, 0.2) is 45.3 Å². The molecule has 0 radical (unpaired) electrons. The van der Waals surface area contributed by atoms with Gasteiger partial charge in [-0.3, -0.25) is 4.98 Å². The van der Waals surface area contributed by atoms with Crippen molar-refractivity contribution in [2.24, 2.45) is 15.9 Å². The Morgan fingerprint density at radius 1 is 1.44 bits per heavy atom. The van der Waals surface area contributed by atoms with E-state index in [1.165, 1.54) is 12.4 Å². The maximum Gasteiger partial charge on any atom is 0.173 e. The fourth-order valence-corrected chi connectivity index (χ4v) is 1.28. The third-order valence-corrected chi connectivity index (χ3v) is 2.21. The normalized spacial score (nSPS) is 12.2. The van der Waals surface area contributed by atoms with Crippen LogP contribution in [0.5, 0.6) is 0 Å². The van der Waals surface area contributed by atoms with Crippen molar-refractivity contribution in [2.45, 2.75) is 13.3 Å². The Kier molecular flexibility index (Phi) is 3.80. The molecule has 2 aromatic rings. The molecule has 0 saturated heterocycles. The van der Waals surface area contributed by atoms with Crippen LogP contribution in [-0.2, 0) is 6.42 Å². The van der Waals surface area contributed by atoms with E-state index in [9.17, 15) is 0 Å². The van der Waals surface area contributed by atoms with Crippen molar-refractivity contribution >= 4 is 12.1 Å². The van der Waals surface area contributed by atoms with Crippen LogP contribution in [0.2, 0.25) is 0 Å². The molecule has 0 atom stereocenters.